The molecule has 0 heterocycles. The molecule has 0 unspecified atom stereocenters. The molecule has 3 rings (SSSR count). The van der Waals surface area contributed by atoms with Gasteiger partial charge < -0.3 is 10.1 Å². The van der Waals surface area contributed by atoms with Crippen molar-refractivity contribution >= 4 is 32.6 Å². The fourth-order valence-electron chi connectivity index (χ4n) is 2.42. The lowest BCUT2D eigenvalue weighted by Crippen LogP contribution is -2.28. The Morgan fingerprint density at radius 2 is 1.88 bits per heavy atom. The standard InChI is InChI=1S/C19H15BrFNO2/c20-14-8-9-16(17(21)12-14)19(23)22-10-11-24-18-7-3-5-13-4-1-2-6-15(13)18/h1-9,12H,10-11H2,(H,22,23). The zero-order valence-corrected chi connectivity index (χ0v) is 14.3. The second-order valence-electron chi connectivity index (χ2n) is 5.21. The summed E-state index contributed by atoms with van der Waals surface area (Å²) >= 11 is 3.16. The van der Waals surface area contributed by atoms with Crippen molar-refractivity contribution in [3.05, 3.63) is 76.5 Å². The number of rotatable bonds is 5. The summed E-state index contributed by atoms with van der Waals surface area (Å²) in [5.74, 6) is -0.254. The zero-order chi connectivity index (χ0) is 16.9. The summed E-state index contributed by atoms with van der Waals surface area (Å²) in [5, 5.41) is 4.77. The molecule has 0 aliphatic rings. The number of hydrogen-bond acceptors (Lipinski definition) is 2. The summed E-state index contributed by atoms with van der Waals surface area (Å²) in [6.45, 7) is 0.593. The minimum absolute atomic E-state index is 0.0170. The van der Waals surface area contributed by atoms with Crippen molar-refractivity contribution in [3.63, 3.8) is 0 Å². The number of carbonyl (C=O) groups excluding carboxylic acids is 1. The molecule has 0 saturated heterocycles. The highest BCUT2D eigenvalue weighted by molar-refractivity contribution is 9.10. The maximum absolute atomic E-state index is 13.7. The van der Waals surface area contributed by atoms with Crippen LogP contribution in [0.25, 0.3) is 10.8 Å². The number of carbonyl (C=O) groups is 1. The third kappa shape index (κ3) is 3.74. The van der Waals surface area contributed by atoms with Gasteiger partial charge in [-0.25, -0.2) is 4.39 Å². The first-order valence-electron chi connectivity index (χ1n) is 7.49. The monoisotopic (exact) mass is 387 g/mol. The van der Waals surface area contributed by atoms with Crippen LogP contribution in [-0.2, 0) is 0 Å². The summed E-state index contributed by atoms with van der Waals surface area (Å²) in [7, 11) is 0. The highest BCUT2D eigenvalue weighted by atomic mass is 79.9. The van der Waals surface area contributed by atoms with Gasteiger partial charge in [0.1, 0.15) is 18.2 Å². The minimum atomic E-state index is -0.558. The van der Waals surface area contributed by atoms with Gasteiger partial charge in [0.15, 0.2) is 0 Å². The number of fused-ring (bicyclic) bond motifs is 1. The average molecular weight is 388 g/mol. The van der Waals surface area contributed by atoms with Gasteiger partial charge in [0.2, 0.25) is 0 Å². The molecular weight excluding hydrogens is 373 g/mol. The topological polar surface area (TPSA) is 38.3 Å². The van der Waals surface area contributed by atoms with E-state index in [-0.39, 0.29) is 12.1 Å². The fraction of sp³-hybridized carbons (Fsp3) is 0.105. The number of amides is 1. The molecule has 3 aromatic rings. The summed E-state index contributed by atoms with van der Waals surface area (Å²) in [4.78, 5) is 12.0. The first-order chi connectivity index (χ1) is 11.6. The molecule has 0 radical (unpaired) electrons. The number of hydrogen-bond donors (Lipinski definition) is 1. The van der Waals surface area contributed by atoms with E-state index >= 15 is 0 Å². The molecule has 0 aromatic heterocycles. The third-order valence-corrected chi connectivity index (χ3v) is 4.06. The molecule has 3 nitrogen and oxygen atoms in total. The molecule has 0 spiro atoms. The highest BCUT2D eigenvalue weighted by Gasteiger charge is 2.11. The summed E-state index contributed by atoms with van der Waals surface area (Å²) in [5.41, 5.74) is 0.0170. The van der Waals surface area contributed by atoms with Crippen LogP contribution < -0.4 is 10.1 Å². The Morgan fingerprint density at radius 3 is 2.71 bits per heavy atom. The molecule has 0 saturated carbocycles. The molecule has 1 N–H and O–H groups in total. The number of ether oxygens (including phenoxy) is 1. The van der Waals surface area contributed by atoms with Crippen LogP contribution in [0.1, 0.15) is 10.4 Å². The van der Waals surface area contributed by atoms with E-state index in [9.17, 15) is 9.18 Å². The van der Waals surface area contributed by atoms with Gasteiger partial charge in [-0.2, -0.15) is 0 Å². The minimum Gasteiger partial charge on any atom is -0.491 e. The molecule has 0 aliphatic heterocycles. The van der Waals surface area contributed by atoms with Gasteiger partial charge >= 0.3 is 0 Å². The first kappa shape index (κ1) is 16.5. The van der Waals surface area contributed by atoms with Crippen LogP contribution in [0.3, 0.4) is 0 Å². The van der Waals surface area contributed by atoms with Crippen molar-refractivity contribution in [1.82, 2.24) is 5.32 Å². The van der Waals surface area contributed by atoms with Crippen LogP contribution in [0.15, 0.2) is 65.1 Å². The molecule has 0 aliphatic carbocycles. The SMILES string of the molecule is O=C(NCCOc1cccc2ccccc12)c1ccc(Br)cc1F. The van der Waals surface area contributed by atoms with E-state index in [1.807, 2.05) is 42.5 Å². The summed E-state index contributed by atoms with van der Waals surface area (Å²) in [6.07, 6.45) is 0. The van der Waals surface area contributed by atoms with E-state index in [0.717, 1.165) is 16.5 Å². The highest BCUT2D eigenvalue weighted by Crippen LogP contribution is 2.24. The van der Waals surface area contributed by atoms with Crippen LogP contribution in [0, 0.1) is 5.82 Å². The normalized spacial score (nSPS) is 10.6. The predicted molar refractivity (Wildman–Crippen MR) is 95.9 cm³/mol. The Morgan fingerprint density at radius 1 is 1.08 bits per heavy atom. The Bertz CT molecular complexity index is 877. The van der Waals surface area contributed by atoms with E-state index in [0.29, 0.717) is 11.1 Å². The van der Waals surface area contributed by atoms with Crippen molar-refractivity contribution in [2.45, 2.75) is 0 Å². The van der Waals surface area contributed by atoms with E-state index < -0.39 is 11.7 Å². The quantitative estimate of drug-likeness (QED) is 0.652. The Balaban J connectivity index is 1.58. The van der Waals surface area contributed by atoms with Crippen LogP contribution in [0.4, 0.5) is 4.39 Å². The lowest BCUT2D eigenvalue weighted by atomic mass is 10.1. The molecule has 0 fully saturated rings. The van der Waals surface area contributed by atoms with Crippen LogP contribution >= 0.6 is 15.9 Å². The van der Waals surface area contributed by atoms with Gasteiger partial charge in [-0.1, -0.05) is 52.3 Å². The molecule has 3 aromatic carbocycles. The van der Waals surface area contributed by atoms with E-state index in [1.165, 1.54) is 12.1 Å². The molecule has 0 bridgehead atoms. The van der Waals surface area contributed by atoms with Crippen molar-refractivity contribution in [2.75, 3.05) is 13.2 Å². The molecule has 5 heteroatoms. The largest absolute Gasteiger partial charge is 0.491 e. The predicted octanol–water partition coefficient (Wildman–Crippen LogP) is 4.55. The molecule has 24 heavy (non-hydrogen) atoms. The van der Waals surface area contributed by atoms with E-state index in [4.69, 9.17) is 4.74 Å². The Kier molecular flexibility index (Phi) is 5.11. The van der Waals surface area contributed by atoms with Crippen LogP contribution in [-0.4, -0.2) is 19.1 Å². The number of nitrogens with one attached hydrogen (secondary N) is 1. The van der Waals surface area contributed by atoms with Gasteiger partial charge in [-0.15, -0.1) is 0 Å². The summed E-state index contributed by atoms with van der Waals surface area (Å²) < 4.78 is 20.1. The van der Waals surface area contributed by atoms with Crippen molar-refractivity contribution < 1.29 is 13.9 Å². The smallest absolute Gasteiger partial charge is 0.254 e. The molecule has 122 valence electrons. The molecule has 0 atom stereocenters. The van der Waals surface area contributed by atoms with E-state index in [2.05, 4.69) is 21.2 Å². The summed E-state index contributed by atoms with van der Waals surface area (Å²) in [6, 6.07) is 18.1. The van der Waals surface area contributed by atoms with Crippen molar-refractivity contribution in [1.29, 1.82) is 0 Å². The van der Waals surface area contributed by atoms with E-state index in [1.54, 1.807) is 6.07 Å². The maximum Gasteiger partial charge on any atom is 0.254 e. The second-order valence-corrected chi connectivity index (χ2v) is 6.12. The van der Waals surface area contributed by atoms with Gasteiger partial charge in [0.05, 0.1) is 12.1 Å². The molecular formula is C19H15BrFNO2. The number of halogens is 2. The van der Waals surface area contributed by atoms with Gasteiger partial charge in [-0.05, 0) is 29.7 Å². The van der Waals surface area contributed by atoms with Gasteiger partial charge in [0, 0.05) is 9.86 Å². The third-order valence-electron chi connectivity index (χ3n) is 3.57. The van der Waals surface area contributed by atoms with Gasteiger partial charge in [0.25, 0.3) is 5.91 Å². The van der Waals surface area contributed by atoms with Crippen LogP contribution in [0.5, 0.6) is 5.75 Å². The lowest BCUT2D eigenvalue weighted by molar-refractivity contribution is 0.0943. The molecule has 1 amide bonds. The van der Waals surface area contributed by atoms with Gasteiger partial charge in [-0.3, -0.25) is 4.79 Å². The number of benzene rings is 3. The first-order valence-corrected chi connectivity index (χ1v) is 8.28. The lowest BCUT2D eigenvalue weighted by Gasteiger charge is -2.10. The fourth-order valence-corrected chi connectivity index (χ4v) is 2.75. The zero-order valence-electron chi connectivity index (χ0n) is 12.8. The average Bonchev–Trinajstić information content (AvgIpc) is 2.58. The Labute approximate surface area is 147 Å². The van der Waals surface area contributed by atoms with Crippen molar-refractivity contribution in [3.8, 4) is 5.75 Å². The second kappa shape index (κ2) is 7.45. The van der Waals surface area contributed by atoms with Crippen LogP contribution in [0.2, 0.25) is 0 Å². The Hall–Kier alpha value is -2.40. The van der Waals surface area contributed by atoms with Crippen molar-refractivity contribution in [2.24, 2.45) is 0 Å². The maximum atomic E-state index is 13.7.